The van der Waals surface area contributed by atoms with E-state index in [9.17, 15) is 4.79 Å². The van der Waals surface area contributed by atoms with Crippen molar-refractivity contribution in [3.05, 3.63) is 18.3 Å². The maximum absolute atomic E-state index is 11.9. The van der Waals surface area contributed by atoms with E-state index in [1.54, 1.807) is 0 Å². The summed E-state index contributed by atoms with van der Waals surface area (Å²) < 4.78 is 0. The van der Waals surface area contributed by atoms with Gasteiger partial charge in [-0.15, -0.1) is 0 Å². The second-order valence-electron chi connectivity index (χ2n) is 6.04. The summed E-state index contributed by atoms with van der Waals surface area (Å²) in [6.45, 7) is 4.37. The topological polar surface area (TPSA) is 57.3 Å². The van der Waals surface area contributed by atoms with Crippen LogP contribution in [0.15, 0.2) is 18.3 Å². The van der Waals surface area contributed by atoms with Crippen molar-refractivity contribution in [2.75, 3.05) is 36.4 Å². The molecule has 0 spiro atoms. The zero-order valence-corrected chi connectivity index (χ0v) is 12.5. The van der Waals surface area contributed by atoms with E-state index in [0.717, 1.165) is 38.3 Å². The van der Waals surface area contributed by atoms with E-state index < -0.39 is 0 Å². The van der Waals surface area contributed by atoms with E-state index in [0.29, 0.717) is 18.2 Å². The van der Waals surface area contributed by atoms with Crippen molar-refractivity contribution < 1.29 is 4.79 Å². The number of amides is 1. The number of nitrogens with zero attached hydrogens (tertiary/aromatic N) is 2. The molecule has 2 fully saturated rings. The van der Waals surface area contributed by atoms with Gasteiger partial charge < -0.3 is 15.5 Å². The first-order valence-electron chi connectivity index (χ1n) is 8.03. The second kappa shape index (κ2) is 6.89. The predicted octanol–water partition coefficient (Wildman–Crippen LogP) is 2.01. The minimum absolute atomic E-state index is 0.0725. The number of anilines is 2. The molecule has 3 heterocycles. The molecule has 1 aromatic heterocycles. The summed E-state index contributed by atoms with van der Waals surface area (Å²) in [7, 11) is 0. The molecule has 2 aliphatic rings. The fraction of sp³-hybridized carbons (Fsp3) is 0.625. The van der Waals surface area contributed by atoms with Gasteiger partial charge in [-0.2, -0.15) is 0 Å². The Balaban J connectivity index is 1.46. The molecule has 1 atom stereocenters. The maximum atomic E-state index is 11.9. The summed E-state index contributed by atoms with van der Waals surface area (Å²) in [4.78, 5) is 18.6. The molecule has 0 saturated carbocycles. The van der Waals surface area contributed by atoms with Gasteiger partial charge >= 0.3 is 0 Å². The number of hydrogen-bond acceptors (Lipinski definition) is 4. The number of aromatic nitrogens is 1. The van der Waals surface area contributed by atoms with Crippen molar-refractivity contribution in [1.29, 1.82) is 0 Å². The average Bonchev–Trinajstić information content (AvgIpc) is 3.19. The van der Waals surface area contributed by atoms with Crippen LogP contribution in [0.5, 0.6) is 0 Å². The minimum atomic E-state index is 0.0725. The van der Waals surface area contributed by atoms with Gasteiger partial charge in [-0.1, -0.05) is 0 Å². The number of carbonyl (C=O) groups excluding carboxylic acids is 1. The van der Waals surface area contributed by atoms with Crippen LogP contribution in [0.4, 0.5) is 11.5 Å². The molecule has 1 aromatic rings. The molecule has 2 N–H and O–H groups in total. The van der Waals surface area contributed by atoms with Crippen LogP contribution in [0, 0.1) is 5.92 Å². The van der Waals surface area contributed by atoms with Crippen molar-refractivity contribution in [1.82, 2.24) is 10.3 Å². The van der Waals surface area contributed by atoms with Crippen LogP contribution in [-0.4, -0.2) is 37.1 Å². The van der Waals surface area contributed by atoms with E-state index in [2.05, 4.69) is 26.6 Å². The molecule has 5 nitrogen and oxygen atoms in total. The molecule has 0 bridgehead atoms. The molecule has 1 amide bonds. The summed E-state index contributed by atoms with van der Waals surface area (Å²) >= 11 is 0. The molecule has 0 radical (unpaired) electrons. The van der Waals surface area contributed by atoms with Gasteiger partial charge in [0.2, 0.25) is 5.91 Å². The number of hydrogen-bond donors (Lipinski definition) is 2. The summed E-state index contributed by atoms with van der Waals surface area (Å²) in [6.07, 6.45) is 7.12. The van der Waals surface area contributed by atoms with Crippen molar-refractivity contribution in [2.24, 2.45) is 5.92 Å². The molecule has 2 aliphatic heterocycles. The van der Waals surface area contributed by atoms with E-state index in [-0.39, 0.29) is 5.91 Å². The molecular weight excluding hydrogens is 264 g/mol. The fourth-order valence-corrected chi connectivity index (χ4v) is 3.12. The first-order valence-corrected chi connectivity index (χ1v) is 8.03. The Morgan fingerprint density at radius 3 is 2.90 bits per heavy atom. The van der Waals surface area contributed by atoms with Gasteiger partial charge in [0.25, 0.3) is 0 Å². The fourth-order valence-electron chi connectivity index (χ4n) is 3.12. The van der Waals surface area contributed by atoms with Crippen molar-refractivity contribution in [3.63, 3.8) is 0 Å². The summed E-state index contributed by atoms with van der Waals surface area (Å²) in [5.41, 5.74) is 1.16. The van der Waals surface area contributed by atoms with E-state index >= 15 is 0 Å². The van der Waals surface area contributed by atoms with Crippen LogP contribution in [0.2, 0.25) is 0 Å². The van der Waals surface area contributed by atoms with Gasteiger partial charge in [-0.25, -0.2) is 4.98 Å². The molecule has 21 heavy (non-hydrogen) atoms. The Hall–Kier alpha value is -1.62. The molecule has 3 rings (SSSR count). The summed E-state index contributed by atoms with van der Waals surface area (Å²) in [6, 6.07) is 3.96. The SMILES string of the molecule is O=C(CCC1CCNC1)Nc1ccc(N2CCCC2)cn1. The Labute approximate surface area is 126 Å². The molecule has 5 heteroatoms. The average molecular weight is 288 g/mol. The maximum Gasteiger partial charge on any atom is 0.225 e. The van der Waals surface area contributed by atoms with Gasteiger partial charge in [0.05, 0.1) is 11.9 Å². The third-order valence-electron chi connectivity index (χ3n) is 4.43. The van der Waals surface area contributed by atoms with E-state index in [4.69, 9.17) is 0 Å². The summed E-state index contributed by atoms with van der Waals surface area (Å²) in [5, 5.41) is 6.22. The number of rotatable bonds is 5. The van der Waals surface area contributed by atoms with Crippen molar-refractivity contribution in [3.8, 4) is 0 Å². The number of carbonyl (C=O) groups is 1. The highest BCUT2D eigenvalue weighted by Crippen LogP contribution is 2.20. The molecule has 114 valence electrons. The van der Waals surface area contributed by atoms with E-state index in [1.165, 1.54) is 19.3 Å². The van der Waals surface area contributed by atoms with Gasteiger partial charge in [0, 0.05) is 19.5 Å². The van der Waals surface area contributed by atoms with Gasteiger partial charge in [-0.3, -0.25) is 4.79 Å². The molecule has 0 aliphatic carbocycles. The third-order valence-corrected chi connectivity index (χ3v) is 4.43. The number of nitrogens with one attached hydrogen (secondary N) is 2. The Bertz CT molecular complexity index is 462. The largest absolute Gasteiger partial charge is 0.370 e. The molecule has 2 saturated heterocycles. The molecular formula is C16H24N4O. The molecule has 0 aromatic carbocycles. The lowest BCUT2D eigenvalue weighted by molar-refractivity contribution is -0.116. The highest BCUT2D eigenvalue weighted by Gasteiger charge is 2.16. The zero-order chi connectivity index (χ0) is 14.5. The van der Waals surface area contributed by atoms with Crippen molar-refractivity contribution >= 4 is 17.4 Å². The highest BCUT2D eigenvalue weighted by molar-refractivity contribution is 5.89. The highest BCUT2D eigenvalue weighted by atomic mass is 16.1. The standard InChI is InChI=1S/C16H24N4O/c21-16(6-3-13-7-8-17-11-13)19-15-5-4-14(12-18-15)20-9-1-2-10-20/h4-5,12-13,17H,1-3,6-11H2,(H,18,19,21). The summed E-state index contributed by atoms with van der Waals surface area (Å²) in [5.74, 6) is 1.39. The minimum Gasteiger partial charge on any atom is -0.370 e. The Morgan fingerprint density at radius 1 is 1.38 bits per heavy atom. The van der Waals surface area contributed by atoms with Gasteiger partial charge in [0.15, 0.2) is 0 Å². The first kappa shape index (κ1) is 14.3. The van der Waals surface area contributed by atoms with Crippen LogP contribution < -0.4 is 15.5 Å². The van der Waals surface area contributed by atoms with Gasteiger partial charge in [0.1, 0.15) is 5.82 Å². The smallest absolute Gasteiger partial charge is 0.225 e. The monoisotopic (exact) mass is 288 g/mol. The van der Waals surface area contributed by atoms with Crippen LogP contribution in [0.3, 0.4) is 0 Å². The first-order chi connectivity index (χ1) is 10.3. The lowest BCUT2D eigenvalue weighted by atomic mass is 10.0. The number of pyridine rings is 1. The van der Waals surface area contributed by atoms with Crippen LogP contribution in [-0.2, 0) is 4.79 Å². The van der Waals surface area contributed by atoms with Crippen molar-refractivity contribution in [2.45, 2.75) is 32.1 Å². The normalized spacial score (nSPS) is 21.7. The van der Waals surface area contributed by atoms with Crippen LogP contribution in [0.25, 0.3) is 0 Å². The lowest BCUT2D eigenvalue weighted by Gasteiger charge is -2.17. The van der Waals surface area contributed by atoms with Crippen LogP contribution in [0.1, 0.15) is 32.1 Å². The second-order valence-corrected chi connectivity index (χ2v) is 6.04. The molecule has 1 unspecified atom stereocenters. The third kappa shape index (κ3) is 3.94. The lowest BCUT2D eigenvalue weighted by Crippen LogP contribution is -2.18. The predicted molar refractivity (Wildman–Crippen MR) is 84.5 cm³/mol. The van der Waals surface area contributed by atoms with Crippen LogP contribution >= 0.6 is 0 Å². The Morgan fingerprint density at radius 2 is 2.24 bits per heavy atom. The Kier molecular flexibility index (Phi) is 4.70. The quantitative estimate of drug-likeness (QED) is 0.870. The van der Waals surface area contributed by atoms with Gasteiger partial charge in [-0.05, 0) is 56.8 Å². The zero-order valence-electron chi connectivity index (χ0n) is 12.5. The van der Waals surface area contributed by atoms with E-state index in [1.807, 2.05) is 12.3 Å².